The first-order valence-corrected chi connectivity index (χ1v) is 9.03. The SMILES string of the molecule is CCNC(=NCCc1cccc(OC)c1O)NC1CCCC(C)C1.I. The highest BCUT2D eigenvalue weighted by Gasteiger charge is 2.19. The van der Waals surface area contributed by atoms with Crippen molar-refractivity contribution in [3.63, 3.8) is 0 Å². The molecule has 0 radical (unpaired) electrons. The molecular formula is C19H32IN3O2. The Bertz CT molecular complexity index is 551. The highest BCUT2D eigenvalue weighted by atomic mass is 127. The summed E-state index contributed by atoms with van der Waals surface area (Å²) in [6.45, 7) is 5.87. The van der Waals surface area contributed by atoms with Gasteiger partial charge in [0.2, 0.25) is 0 Å². The summed E-state index contributed by atoms with van der Waals surface area (Å²) < 4.78 is 5.15. The van der Waals surface area contributed by atoms with Crippen LogP contribution in [0, 0.1) is 5.92 Å². The fourth-order valence-corrected chi connectivity index (χ4v) is 3.30. The molecule has 0 spiro atoms. The number of benzene rings is 1. The average Bonchev–Trinajstić information content (AvgIpc) is 2.56. The molecule has 0 bridgehead atoms. The minimum Gasteiger partial charge on any atom is -0.504 e. The Balaban J connectivity index is 0.00000312. The van der Waals surface area contributed by atoms with Crippen molar-refractivity contribution in [1.29, 1.82) is 0 Å². The molecule has 1 aliphatic rings. The second kappa shape index (κ2) is 11.4. The number of phenols is 1. The van der Waals surface area contributed by atoms with E-state index in [4.69, 9.17) is 4.74 Å². The summed E-state index contributed by atoms with van der Waals surface area (Å²) in [6, 6.07) is 6.08. The first-order valence-electron chi connectivity index (χ1n) is 9.03. The molecule has 3 N–H and O–H groups in total. The van der Waals surface area contributed by atoms with Gasteiger partial charge in [0.15, 0.2) is 17.5 Å². The van der Waals surface area contributed by atoms with E-state index in [0.717, 1.165) is 24.0 Å². The van der Waals surface area contributed by atoms with Gasteiger partial charge in [-0.2, -0.15) is 0 Å². The maximum Gasteiger partial charge on any atom is 0.191 e. The van der Waals surface area contributed by atoms with Crippen LogP contribution in [0.5, 0.6) is 11.5 Å². The van der Waals surface area contributed by atoms with Crippen LogP contribution in [0.1, 0.15) is 45.1 Å². The molecule has 0 amide bonds. The Morgan fingerprint density at radius 1 is 1.36 bits per heavy atom. The zero-order valence-electron chi connectivity index (χ0n) is 15.5. The molecule has 5 nitrogen and oxygen atoms in total. The van der Waals surface area contributed by atoms with Crippen LogP contribution in [0.2, 0.25) is 0 Å². The highest BCUT2D eigenvalue weighted by Crippen LogP contribution is 2.29. The number of aliphatic imine (C=N–C) groups is 1. The van der Waals surface area contributed by atoms with Crippen molar-refractivity contribution in [3.05, 3.63) is 23.8 Å². The number of para-hydroxylation sites is 1. The van der Waals surface area contributed by atoms with Crippen molar-refractivity contribution in [2.45, 2.75) is 52.0 Å². The van der Waals surface area contributed by atoms with Crippen LogP contribution in [-0.2, 0) is 6.42 Å². The van der Waals surface area contributed by atoms with E-state index in [1.165, 1.54) is 25.7 Å². The van der Waals surface area contributed by atoms with Gasteiger partial charge in [0.05, 0.1) is 7.11 Å². The van der Waals surface area contributed by atoms with Gasteiger partial charge in [-0.1, -0.05) is 31.9 Å². The van der Waals surface area contributed by atoms with Crippen LogP contribution in [0.15, 0.2) is 23.2 Å². The summed E-state index contributed by atoms with van der Waals surface area (Å²) >= 11 is 0. The lowest BCUT2D eigenvalue weighted by Crippen LogP contribution is -2.45. The van der Waals surface area contributed by atoms with Gasteiger partial charge in [0.25, 0.3) is 0 Å². The molecule has 2 atom stereocenters. The number of nitrogens with zero attached hydrogens (tertiary/aromatic N) is 1. The van der Waals surface area contributed by atoms with Gasteiger partial charge in [-0.05, 0) is 43.7 Å². The Morgan fingerprint density at radius 2 is 2.16 bits per heavy atom. The topological polar surface area (TPSA) is 65.9 Å². The van der Waals surface area contributed by atoms with Crippen molar-refractivity contribution < 1.29 is 9.84 Å². The lowest BCUT2D eigenvalue weighted by Gasteiger charge is -2.28. The van der Waals surface area contributed by atoms with E-state index in [9.17, 15) is 5.11 Å². The third-order valence-electron chi connectivity index (χ3n) is 4.57. The molecule has 1 saturated carbocycles. The maximum atomic E-state index is 10.1. The Kier molecular flexibility index (Phi) is 10.0. The van der Waals surface area contributed by atoms with E-state index < -0.39 is 0 Å². The molecule has 1 aliphatic carbocycles. The van der Waals surface area contributed by atoms with Gasteiger partial charge in [0.1, 0.15) is 0 Å². The quantitative estimate of drug-likeness (QED) is 0.344. The van der Waals surface area contributed by atoms with Gasteiger partial charge >= 0.3 is 0 Å². The van der Waals surface area contributed by atoms with E-state index in [1.54, 1.807) is 13.2 Å². The third-order valence-corrected chi connectivity index (χ3v) is 4.57. The number of rotatable bonds is 6. The minimum absolute atomic E-state index is 0. The predicted octanol–water partition coefficient (Wildman–Crippen LogP) is 3.70. The number of ether oxygens (including phenoxy) is 1. The van der Waals surface area contributed by atoms with Crippen molar-refractivity contribution in [2.75, 3.05) is 20.2 Å². The Morgan fingerprint density at radius 3 is 2.84 bits per heavy atom. The Labute approximate surface area is 168 Å². The monoisotopic (exact) mass is 461 g/mol. The number of hydrogen-bond acceptors (Lipinski definition) is 3. The van der Waals surface area contributed by atoms with Crippen LogP contribution in [-0.4, -0.2) is 37.3 Å². The van der Waals surface area contributed by atoms with Crippen molar-refractivity contribution >= 4 is 29.9 Å². The van der Waals surface area contributed by atoms with Crippen LogP contribution >= 0.6 is 24.0 Å². The average molecular weight is 461 g/mol. The van der Waals surface area contributed by atoms with Crippen LogP contribution in [0.25, 0.3) is 0 Å². The zero-order chi connectivity index (χ0) is 17.4. The van der Waals surface area contributed by atoms with Crippen LogP contribution < -0.4 is 15.4 Å². The molecule has 142 valence electrons. The Hall–Kier alpha value is -1.18. The summed E-state index contributed by atoms with van der Waals surface area (Å²) in [4.78, 5) is 4.67. The van der Waals surface area contributed by atoms with E-state index in [0.29, 0.717) is 24.8 Å². The predicted molar refractivity (Wildman–Crippen MR) is 114 cm³/mol. The number of aromatic hydroxyl groups is 1. The number of phenolic OH excluding ortho intramolecular Hbond substituents is 1. The van der Waals surface area contributed by atoms with Gasteiger partial charge < -0.3 is 20.5 Å². The number of halogens is 1. The van der Waals surface area contributed by atoms with E-state index in [1.807, 2.05) is 12.1 Å². The molecule has 1 aromatic carbocycles. The number of guanidine groups is 1. The maximum absolute atomic E-state index is 10.1. The van der Waals surface area contributed by atoms with Gasteiger partial charge in [-0.25, -0.2) is 0 Å². The smallest absolute Gasteiger partial charge is 0.191 e. The largest absolute Gasteiger partial charge is 0.504 e. The number of methoxy groups -OCH3 is 1. The van der Waals surface area contributed by atoms with Gasteiger partial charge in [0, 0.05) is 19.1 Å². The first-order chi connectivity index (χ1) is 11.6. The fraction of sp³-hybridized carbons (Fsp3) is 0.632. The molecule has 0 saturated heterocycles. The third kappa shape index (κ3) is 6.92. The van der Waals surface area contributed by atoms with Crippen LogP contribution in [0.3, 0.4) is 0 Å². The molecule has 0 aromatic heterocycles. The fourth-order valence-electron chi connectivity index (χ4n) is 3.30. The van der Waals surface area contributed by atoms with E-state index in [2.05, 4.69) is 29.5 Å². The zero-order valence-corrected chi connectivity index (χ0v) is 17.9. The lowest BCUT2D eigenvalue weighted by molar-refractivity contribution is 0.324. The summed E-state index contributed by atoms with van der Waals surface area (Å²) in [6.07, 6.45) is 5.73. The molecule has 0 aliphatic heterocycles. The minimum atomic E-state index is 0. The molecular weight excluding hydrogens is 429 g/mol. The normalized spacial score (nSPS) is 20.5. The molecule has 25 heavy (non-hydrogen) atoms. The van der Waals surface area contributed by atoms with Crippen molar-refractivity contribution in [2.24, 2.45) is 10.9 Å². The molecule has 1 aromatic rings. The van der Waals surface area contributed by atoms with E-state index >= 15 is 0 Å². The van der Waals surface area contributed by atoms with Crippen molar-refractivity contribution in [3.8, 4) is 11.5 Å². The van der Waals surface area contributed by atoms with Gasteiger partial charge in [-0.3, -0.25) is 4.99 Å². The molecule has 6 heteroatoms. The number of nitrogens with one attached hydrogen (secondary N) is 2. The summed E-state index contributed by atoms with van der Waals surface area (Å²) in [5, 5.41) is 17.0. The molecule has 2 unspecified atom stereocenters. The summed E-state index contributed by atoms with van der Waals surface area (Å²) in [7, 11) is 1.56. The summed E-state index contributed by atoms with van der Waals surface area (Å²) in [5.74, 6) is 2.39. The van der Waals surface area contributed by atoms with E-state index in [-0.39, 0.29) is 29.7 Å². The van der Waals surface area contributed by atoms with Crippen LogP contribution in [0.4, 0.5) is 0 Å². The molecule has 2 rings (SSSR count). The second-order valence-corrected chi connectivity index (χ2v) is 6.59. The summed E-state index contributed by atoms with van der Waals surface area (Å²) in [5.41, 5.74) is 0.861. The standard InChI is InChI=1S/C19H31N3O2.HI/c1-4-20-19(22-16-9-5-7-14(2)13-16)21-12-11-15-8-6-10-17(24-3)18(15)23;/h6,8,10,14,16,23H,4-5,7,9,11-13H2,1-3H3,(H2,20,21,22);1H. The highest BCUT2D eigenvalue weighted by molar-refractivity contribution is 14.0. The number of hydrogen-bond donors (Lipinski definition) is 3. The first kappa shape index (κ1) is 21.9. The lowest BCUT2D eigenvalue weighted by atomic mass is 9.87. The molecule has 0 heterocycles. The second-order valence-electron chi connectivity index (χ2n) is 6.59. The van der Waals surface area contributed by atoms with Crippen molar-refractivity contribution in [1.82, 2.24) is 10.6 Å². The molecule has 1 fully saturated rings. The van der Waals surface area contributed by atoms with Gasteiger partial charge in [-0.15, -0.1) is 24.0 Å².